The van der Waals surface area contributed by atoms with Crippen LogP contribution in [0.15, 0.2) is 12.2 Å². The second kappa shape index (κ2) is 5.05. The van der Waals surface area contributed by atoms with Crippen molar-refractivity contribution < 1.29 is 18.4 Å². The Bertz CT molecular complexity index is 327. The third-order valence-corrected chi connectivity index (χ3v) is 2.64. The zero-order chi connectivity index (χ0) is 12.3. The van der Waals surface area contributed by atoms with E-state index in [1.165, 1.54) is 4.90 Å². The predicted molar refractivity (Wildman–Crippen MR) is 53.4 cm³/mol. The largest absolute Gasteiger partial charge is 0.368 e. The maximum Gasteiger partial charge on any atom is 0.266 e. The number of nitrogens with two attached hydrogens (primary N) is 1. The average Bonchev–Trinajstić information content (AvgIpc) is 2.46. The van der Waals surface area contributed by atoms with Crippen molar-refractivity contribution in [1.29, 1.82) is 0 Å². The second-order valence-electron chi connectivity index (χ2n) is 3.79. The van der Waals surface area contributed by atoms with E-state index in [1.54, 1.807) is 6.92 Å². The van der Waals surface area contributed by atoms with E-state index in [1.807, 2.05) is 0 Å². The van der Waals surface area contributed by atoms with Crippen molar-refractivity contribution >= 4 is 11.8 Å². The van der Waals surface area contributed by atoms with Gasteiger partial charge in [0.25, 0.3) is 6.08 Å². The Kier molecular flexibility index (Phi) is 3.98. The highest BCUT2D eigenvalue weighted by Gasteiger charge is 2.35. The summed E-state index contributed by atoms with van der Waals surface area (Å²) in [5, 5.41) is 0. The van der Waals surface area contributed by atoms with E-state index in [0.29, 0.717) is 6.42 Å². The molecule has 1 heterocycles. The number of amides is 2. The fourth-order valence-corrected chi connectivity index (χ4v) is 1.93. The highest BCUT2D eigenvalue weighted by atomic mass is 19.3. The summed E-state index contributed by atoms with van der Waals surface area (Å²) < 4.78 is 24.0. The maximum atomic E-state index is 12.0. The van der Waals surface area contributed by atoms with Crippen LogP contribution in [0, 0.1) is 5.92 Å². The van der Waals surface area contributed by atoms with Gasteiger partial charge in [-0.1, -0.05) is 6.92 Å². The van der Waals surface area contributed by atoms with Gasteiger partial charge in [0.15, 0.2) is 0 Å². The van der Waals surface area contributed by atoms with E-state index in [0.717, 1.165) is 6.08 Å². The SMILES string of the molecule is CCC(C(N)=O)N1C[C@H](C=C(F)F)CC1=O. The normalized spacial score (nSPS) is 22.1. The van der Waals surface area contributed by atoms with Crippen molar-refractivity contribution in [2.24, 2.45) is 11.7 Å². The number of carbonyl (C=O) groups excluding carboxylic acids is 2. The van der Waals surface area contributed by atoms with Crippen molar-refractivity contribution in [3.05, 3.63) is 12.2 Å². The quantitative estimate of drug-likeness (QED) is 0.782. The first kappa shape index (κ1) is 12.6. The van der Waals surface area contributed by atoms with Gasteiger partial charge in [-0.05, 0) is 12.5 Å². The monoisotopic (exact) mass is 232 g/mol. The number of hydrogen-bond donors (Lipinski definition) is 1. The molecule has 4 nitrogen and oxygen atoms in total. The van der Waals surface area contributed by atoms with Crippen LogP contribution in [-0.2, 0) is 9.59 Å². The summed E-state index contributed by atoms with van der Waals surface area (Å²) >= 11 is 0. The van der Waals surface area contributed by atoms with Gasteiger partial charge in [-0.3, -0.25) is 9.59 Å². The third-order valence-electron chi connectivity index (χ3n) is 2.64. The van der Waals surface area contributed by atoms with Gasteiger partial charge in [-0.25, -0.2) is 0 Å². The van der Waals surface area contributed by atoms with E-state index in [9.17, 15) is 18.4 Å². The number of hydrogen-bond acceptors (Lipinski definition) is 2. The van der Waals surface area contributed by atoms with Crippen LogP contribution in [0.4, 0.5) is 8.78 Å². The highest BCUT2D eigenvalue weighted by Crippen LogP contribution is 2.23. The zero-order valence-electron chi connectivity index (χ0n) is 8.95. The minimum atomic E-state index is -1.80. The van der Waals surface area contributed by atoms with Crippen LogP contribution in [0.1, 0.15) is 19.8 Å². The predicted octanol–water partition coefficient (Wildman–Crippen LogP) is 0.879. The Morgan fingerprint density at radius 1 is 1.69 bits per heavy atom. The van der Waals surface area contributed by atoms with E-state index in [4.69, 9.17) is 5.73 Å². The molecule has 0 saturated carbocycles. The lowest BCUT2D eigenvalue weighted by atomic mass is 10.1. The van der Waals surface area contributed by atoms with Gasteiger partial charge >= 0.3 is 0 Å². The standard InChI is InChI=1S/C10H14F2N2O2/c1-2-7(10(13)16)14-5-6(3-8(11)12)4-9(14)15/h3,6-7H,2,4-5H2,1H3,(H2,13,16)/t6-,7?/m1/s1. The van der Waals surface area contributed by atoms with E-state index in [-0.39, 0.29) is 18.9 Å². The van der Waals surface area contributed by atoms with Gasteiger partial charge in [0, 0.05) is 18.9 Å². The lowest BCUT2D eigenvalue weighted by Crippen LogP contribution is -2.45. The first-order valence-corrected chi connectivity index (χ1v) is 5.07. The third kappa shape index (κ3) is 2.77. The molecule has 1 fully saturated rings. The van der Waals surface area contributed by atoms with Crippen LogP contribution in [0.5, 0.6) is 0 Å². The summed E-state index contributed by atoms with van der Waals surface area (Å²) in [6.07, 6.45) is -0.630. The van der Waals surface area contributed by atoms with E-state index >= 15 is 0 Å². The molecule has 1 saturated heterocycles. The van der Waals surface area contributed by atoms with Crippen LogP contribution in [0.3, 0.4) is 0 Å². The summed E-state index contributed by atoms with van der Waals surface area (Å²) in [6.45, 7) is 1.86. The van der Waals surface area contributed by atoms with E-state index in [2.05, 4.69) is 0 Å². The molecule has 0 aliphatic carbocycles. The highest BCUT2D eigenvalue weighted by molar-refractivity contribution is 5.87. The number of carbonyl (C=O) groups is 2. The van der Waals surface area contributed by atoms with Crippen molar-refractivity contribution in [3.63, 3.8) is 0 Å². The van der Waals surface area contributed by atoms with Crippen molar-refractivity contribution in [2.45, 2.75) is 25.8 Å². The molecule has 2 N–H and O–H groups in total. The number of halogens is 2. The number of rotatable bonds is 4. The topological polar surface area (TPSA) is 63.4 Å². The van der Waals surface area contributed by atoms with E-state index < -0.39 is 23.9 Å². The van der Waals surface area contributed by atoms with Crippen molar-refractivity contribution in [3.8, 4) is 0 Å². The summed E-state index contributed by atoms with van der Waals surface area (Å²) in [5.41, 5.74) is 5.14. The van der Waals surface area contributed by atoms with Gasteiger partial charge in [0.1, 0.15) is 6.04 Å². The lowest BCUT2D eigenvalue weighted by molar-refractivity contribution is -0.136. The second-order valence-corrected chi connectivity index (χ2v) is 3.79. The number of primary amides is 1. The number of nitrogens with zero attached hydrogens (tertiary/aromatic N) is 1. The molecule has 16 heavy (non-hydrogen) atoms. The zero-order valence-corrected chi connectivity index (χ0v) is 8.95. The smallest absolute Gasteiger partial charge is 0.266 e. The fraction of sp³-hybridized carbons (Fsp3) is 0.600. The molecule has 1 unspecified atom stereocenters. The Labute approximate surface area is 92.1 Å². The molecule has 6 heteroatoms. The van der Waals surface area contributed by atoms with Crippen LogP contribution in [0.25, 0.3) is 0 Å². The van der Waals surface area contributed by atoms with Gasteiger partial charge in [-0.2, -0.15) is 8.78 Å². The van der Waals surface area contributed by atoms with Crippen LogP contribution >= 0.6 is 0 Å². The Morgan fingerprint density at radius 3 is 2.75 bits per heavy atom. The van der Waals surface area contributed by atoms with Crippen molar-refractivity contribution in [2.75, 3.05) is 6.54 Å². The summed E-state index contributed by atoms with van der Waals surface area (Å²) in [5.74, 6) is -1.42. The minimum Gasteiger partial charge on any atom is -0.368 e. The van der Waals surface area contributed by atoms with Crippen LogP contribution in [0.2, 0.25) is 0 Å². The molecule has 0 radical (unpaired) electrons. The molecule has 0 aromatic carbocycles. The molecule has 0 bridgehead atoms. The van der Waals surface area contributed by atoms with Crippen molar-refractivity contribution in [1.82, 2.24) is 4.90 Å². The molecule has 1 aliphatic rings. The van der Waals surface area contributed by atoms with Gasteiger partial charge < -0.3 is 10.6 Å². The molecular weight excluding hydrogens is 218 g/mol. The molecule has 1 rings (SSSR count). The molecule has 0 aromatic rings. The van der Waals surface area contributed by atoms with Gasteiger partial charge in [0.2, 0.25) is 11.8 Å². The fourth-order valence-electron chi connectivity index (χ4n) is 1.93. The Hall–Kier alpha value is -1.46. The molecular formula is C10H14F2N2O2. The first-order valence-electron chi connectivity index (χ1n) is 5.07. The molecule has 1 aliphatic heterocycles. The minimum absolute atomic E-state index is 0.0150. The Morgan fingerprint density at radius 2 is 2.31 bits per heavy atom. The van der Waals surface area contributed by atoms with Gasteiger partial charge in [-0.15, -0.1) is 0 Å². The maximum absolute atomic E-state index is 12.0. The van der Waals surface area contributed by atoms with Crippen LogP contribution < -0.4 is 5.73 Å². The summed E-state index contributed by atoms with van der Waals surface area (Å²) in [6, 6.07) is -0.687. The Balaban J connectivity index is 2.74. The lowest BCUT2D eigenvalue weighted by Gasteiger charge is -2.23. The summed E-state index contributed by atoms with van der Waals surface area (Å²) in [7, 11) is 0. The first-order chi connectivity index (χ1) is 7.45. The van der Waals surface area contributed by atoms with Gasteiger partial charge in [0.05, 0.1) is 0 Å². The molecule has 0 aromatic heterocycles. The molecule has 2 atom stereocenters. The average molecular weight is 232 g/mol. The molecule has 0 spiro atoms. The number of likely N-dealkylation sites (tertiary alicyclic amines) is 1. The molecule has 2 amide bonds. The molecule has 90 valence electrons. The van der Waals surface area contributed by atoms with Crippen LogP contribution in [-0.4, -0.2) is 29.3 Å². The summed E-state index contributed by atoms with van der Waals surface area (Å²) in [4.78, 5) is 23.9.